The number of nitrogens with one attached hydrogen (secondary N) is 1. The molecule has 0 bridgehead atoms. The van der Waals surface area contributed by atoms with Gasteiger partial charge < -0.3 is 4.98 Å². The first kappa shape index (κ1) is 20.2. The van der Waals surface area contributed by atoms with E-state index in [4.69, 9.17) is 0 Å². The molecule has 0 aliphatic carbocycles. The van der Waals surface area contributed by atoms with E-state index in [1.54, 1.807) is 13.1 Å². The summed E-state index contributed by atoms with van der Waals surface area (Å²) in [6.07, 6.45) is 9.85. The van der Waals surface area contributed by atoms with Crippen LogP contribution in [0, 0.1) is 5.92 Å². The summed E-state index contributed by atoms with van der Waals surface area (Å²) in [5.74, 6) is 0.102. The van der Waals surface area contributed by atoms with Gasteiger partial charge in [-0.3, -0.25) is 4.31 Å². The Morgan fingerprint density at radius 1 is 1.17 bits per heavy atom. The molecule has 1 aliphatic heterocycles. The van der Waals surface area contributed by atoms with Crippen molar-refractivity contribution in [2.45, 2.75) is 26.3 Å². The Labute approximate surface area is 178 Å². The highest BCUT2D eigenvalue weighted by atomic mass is 32.2. The SMILES string of the molecule is C=CCC(C)/C=C(\C)S(=O)(=O)N1C=Cc2ccccc2C1c1c[nH]c2ccccc12. The lowest BCUT2D eigenvalue weighted by molar-refractivity contribution is 0.453. The molecule has 0 spiro atoms. The molecule has 4 nitrogen and oxygen atoms in total. The molecule has 2 aromatic carbocycles. The Morgan fingerprint density at radius 3 is 2.70 bits per heavy atom. The number of hydrogen-bond donors (Lipinski definition) is 1. The van der Waals surface area contributed by atoms with Gasteiger partial charge in [0.1, 0.15) is 0 Å². The van der Waals surface area contributed by atoms with Crippen molar-refractivity contribution < 1.29 is 8.42 Å². The van der Waals surface area contributed by atoms with Crippen LogP contribution in [0.5, 0.6) is 0 Å². The zero-order valence-electron chi connectivity index (χ0n) is 17.2. The topological polar surface area (TPSA) is 53.2 Å². The van der Waals surface area contributed by atoms with Crippen LogP contribution >= 0.6 is 0 Å². The van der Waals surface area contributed by atoms with Crippen LogP contribution in [0.3, 0.4) is 0 Å². The number of sulfonamides is 1. The molecule has 0 radical (unpaired) electrons. The zero-order valence-corrected chi connectivity index (χ0v) is 18.1. The van der Waals surface area contributed by atoms with Gasteiger partial charge in [0.15, 0.2) is 0 Å². The molecule has 1 N–H and O–H groups in total. The van der Waals surface area contributed by atoms with Gasteiger partial charge >= 0.3 is 0 Å². The molecule has 2 atom stereocenters. The molecule has 0 amide bonds. The van der Waals surface area contributed by atoms with Gasteiger partial charge in [-0.25, -0.2) is 8.42 Å². The maximum Gasteiger partial charge on any atom is 0.260 e. The van der Waals surface area contributed by atoms with Crippen LogP contribution in [0.4, 0.5) is 0 Å². The van der Waals surface area contributed by atoms with Crippen molar-refractivity contribution in [2.75, 3.05) is 0 Å². The number of hydrogen-bond acceptors (Lipinski definition) is 2. The lowest BCUT2D eigenvalue weighted by Crippen LogP contribution is -2.33. The average Bonchev–Trinajstić information content (AvgIpc) is 3.16. The first-order valence-corrected chi connectivity index (χ1v) is 11.5. The van der Waals surface area contributed by atoms with Crippen LogP contribution in [0.2, 0.25) is 0 Å². The molecule has 4 rings (SSSR count). The number of allylic oxidation sites excluding steroid dienone is 3. The summed E-state index contributed by atoms with van der Waals surface area (Å²) >= 11 is 0. The second-order valence-electron chi connectivity index (χ2n) is 7.75. The van der Waals surface area contributed by atoms with Crippen LogP contribution < -0.4 is 0 Å². The van der Waals surface area contributed by atoms with Gasteiger partial charge in [0, 0.05) is 28.9 Å². The molecular formula is C25H26N2O2S. The number of para-hydroxylation sites is 1. The minimum absolute atomic E-state index is 0.102. The third-order valence-electron chi connectivity index (χ3n) is 5.60. The number of nitrogens with zero attached hydrogens (tertiary/aromatic N) is 1. The zero-order chi connectivity index (χ0) is 21.3. The number of aromatic nitrogens is 1. The minimum Gasteiger partial charge on any atom is -0.361 e. The fourth-order valence-electron chi connectivity index (χ4n) is 4.12. The normalized spacial score (nSPS) is 17.7. The summed E-state index contributed by atoms with van der Waals surface area (Å²) in [6, 6.07) is 15.5. The van der Waals surface area contributed by atoms with Crippen molar-refractivity contribution in [3.8, 4) is 0 Å². The summed E-state index contributed by atoms with van der Waals surface area (Å²) in [7, 11) is -3.70. The smallest absolute Gasteiger partial charge is 0.260 e. The third kappa shape index (κ3) is 3.50. The van der Waals surface area contributed by atoms with Crippen LogP contribution in [0.1, 0.15) is 43.0 Å². The van der Waals surface area contributed by atoms with Crippen molar-refractivity contribution in [1.82, 2.24) is 9.29 Å². The highest BCUT2D eigenvalue weighted by Crippen LogP contribution is 2.41. The van der Waals surface area contributed by atoms with E-state index in [1.807, 2.05) is 79.9 Å². The van der Waals surface area contributed by atoms with Crippen LogP contribution in [0.15, 0.2) is 84.6 Å². The largest absolute Gasteiger partial charge is 0.361 e. The predicted molar refractivity (Wildman–Crippen MR) is 124 cm³/mol. The summed E-state index contributed by atoms with van der Waals surface area (Å²) in [4.78, 5) is 3.65. The van der Waals surface area contributed by atoms with Gasteiger partial charge in [-0.2, -0.15) is 0 Å². The highest BCUT2D eigenvalue weighted by Gasteiger charge is 2.35. The monoisotopic (exact) mass is 418 g/mol. The second-order valence-corrected chi connectivity index (χ2v) is 9.77. The third-order valence-corrected chi connectivity index (χ3v) is 7.44. The molecule has 0 saturated heterocycles. The molecule has 1 aromatic heterocycles. The second kappa shape index (κ2) is 8.00. The maximum absolute atomic E-state index is 13.6. The lowest BCUT2D eigenvalue weighted by Gasteiger charge is -2.34. The van der Waals surface area contributed by atoms with Gasteiger partial charge in [0.25, 0.3) is 10.0 Å². The highest BCUT2D eigenvalue weighted by molar-refractivity contribution is 7.93. The van der Waals surface area contributed by atoms with E-state index < -0.39 is 16.1 Å². The quantitative estimate of drug-likeness (QED) is 0.500. The summed E-state index contributed by atoms with van der Waals surface area (Å²) < 4.78 is 28.8. The van der Waals surface area contributed by atoms with E-state index in [-0.39, 0.29) is 5.92 Å². The molecule has 1 aliphatic rings. The van der Waals surface area contributed by atoms with E-state index in [0.717, 1.165) is 34.0 Å². The van der Waals surface area contributed by atoms with Crippen molar-refractivity contribution in [3.05, 3.63) is 101 Å². The van der Waals surface area contributed by atoms with E-state index in [9.17, 15) is 8.42 Å². The molecule has 30 heavy (non-hydrogen) atoms. The number of aromatic amines is 1. The van der Waals surface area contributed by atoms with Crippen molar-refractivity contribution in [3.63, 3.8) is 0 Å². The fourth-order valence-corrected chi connectivity index (χ4v) is 5.58. The number of rotatable bonds is 6. The molecule has 3 aromatic rings. The summed E-state index contributed by atoms with van der Waals surface area (Å²) in [5, 5.41) is 1.02. The van der Waals surface area contributed by atoms with Crippen LogP contribution in [0.25, 0.3) is 17.0 Å². The first-order chi connectivity index (χ1) is 14.4. The first-order valence-electron chi connectivity index (χ1n) is 10.1. The van der Waals surface area contributed by atoms with Gasteiger partial charge in [-0.15, -0.1) is 6.58 Å². The van der Waals surface area contributed by atoms with E-state index in [1.165, 1.54) is 4.31 Å². The standard InChI is InChI=1S/C25H26N2O2S/c1-4-9-18(2)16-19(3)30(28,29)27-15-14-20-10-5-6-11-21(20)25(27)23-17-26-24-13-8-7-12-22(23)24/h4-8,10-18,25-26H,1,9H2,2-3H3/b19-16+. The summed E-state index contributed by atoms with van der Waals surface area (Å²) in [5.41, 5.74) is 3.93. The van der Waals surface area contributed by atoms with Crippen LogP contribution in [-0.4, -0.2) is 17.7 Å². The summed E-state index contributed by atoms with van der Waals surface area (Å²) in [6.45, 7) is 7.43. The molecule has 154 valence electrons. The van der Waals surface area contributed by atoms with Crippen molar-refractivity contribution in [1.29, 1.82) is 0 Å². The fraction of sp³-hybridized carbons (Fsp3) is 0.200. The molecule has 2 unspecified atom stereocenters. The number of fused-ring (bicyclic) bond motifs is 2. The van der Waals surface area contributed by atoms with Crippen molar-refractivity contribution >= 4 is 27.0 Å². The molecule has 0 saturated carbocycles. The lowest BCUT2D eigenvalue weighted by atomic mass is 9.92. The van der Waals surface area contributed by atoms with Crippen LogP contribution in [-0.2, 0) is 10.0 Å². The molecular weight excluding hydrogens is 392 g/mol. The van der Waals surface area contributed by atoms with E-state index in [2.05, 4.69) is 11.6 Å². The van der Waals surface area contributed by atoms with Gasteiger partial charge in [-0.1, -0.05) is 61.5 Å². The molecule has 2 heterocycles. The van der Waals surface area contributed by atoms with Gasteiger partial charge in [0.2, 0.25) is 0 Å². The van der Waals surface area contributed by atoms with E-state index >= 15 is 0 Å². The Bertz CT molecular complexity index is 1250. The Hall–Kier alpha value is -3.05. The minimum atomic E-state index is -3.70. The van der Waals surface area contributed by atoms with Crippen molar-refractivity contribution in [2.24, 2.45) is 5.92 Å². The van der Waals surface area contributed by atoms with Gasteiger partial charge in [0.05, 0.1) is 10.9 Å². The number of H-pyrrole nitrogens is 1. The number of benzene rings is 2. The predicted octanol–water partition coefficient (Wildman–Crippen LogP) is 5.99. The molecule has 0 fully saturated rings. The maximum atomic E-state index is 13.6. The average molecular weight is 419 g/mol. The van der Waals surface area contributed by atoms with Gasteiger partial charge in [-0.05, 0) is 42.5 Å². The Balaban J connectivity index is 1.87. The Morgan fingerprint density at radius 2 is 1.90 bits per heavy atom. The van der Waals surface area contributed by atoms with E-state index in [0.29, 0.717) is 4.91 Å². The molecule has 5 heteroatoms. The Kier molecular flexibility index (Phi) is 5.39.